The van der Waals surface area contributed by atoms with Crippen LogP contribution in [0.25, 0.3) is 0 Å². The second-order valence-corrected chi connectivity index (χ2v) is 9.88. The van der Waals surface area contributed by atoms with E-state index in [1.807, 2.05) is 61.6 Å². The van der Waals surface area contributed by atoms with E-state index in [2.05, 4.69) is 0 Å². The molecule has 268 valence electrons. The standard InChI is InChI=1S/2C6H8N2O4.2C6H6N2O4.8Li/c4*1-7-3(9)5(11)8(2)6(12)4(7)10;;;;;;;;/h2*3,6H,1-2H3;2*1-2H3;;;;;;;;/q2*-2;;;;;;;4*+1. The zero-order valence-electron chi connectivity index (χ0n) is 34.4. The third-order valence-electron chi connectivity index (χ3n) is 6.81. The second-order valence-electron chi connectivity index (χ2n) is 9.88. The number of imide groups is 4. The van der Waals surface area contributed by atoms with Crippen LogP contribution < -0.4 is 95.9 Å². The van der Waals surface area contributed by atoms with Crippen molar-refractivity contribution >= 4 is 132 Å². The van der Waals surface area contributed by atoms with Crippen molar-refractivity contribution in [3.63, 3.8) is 0 Å². The van der Waals surface area contributed by atoms with Gasteiger partial charge in [0.1, 0.15) is 0 Å². The molecule has 0 aromatic rings. The van der Waals surface area contributed by atoms with Gasteiger partial charge in [0.2, 0.25) is 23.6 Å². The van der Waals surface area contributed by atoms with Crippen LogP contribution >= 0.6 is 0 Å². The molecule has 4 aliphatic heterocycles. The number of piperazine rings is 4. The number of hydrogen-bond donors (Lipinski definition) is 0. The van der Waals surface area contributed by atoms with Gasteiger partial charge >= 0.3 is 184 Å². The fourth-order valence-electron chi connectivity index (χ4n) is 3.34. The number of carbonyl (C=O) groups is 12. The molecule has 4 fully saturated rings. The molecule has 0 bridgehead atoms. The van der Waals surface area contributed by atoms with Crippen molar-refractivity contribution in [2.24, 2.45) is 0 Å². The Labute approximate surface area is 402 Å². The van der Waals surface area contributed by atoms with Gasteiger partial charge in [0.15, 0.2) is 0 Å². The maximum absolute atomic E-state index is 10.9. The van der Waals surface area contributed by atoms with Gasteiger partial charge in [-0.1, -0.05) is 0 Å². The summed E-state index contributed by atoms with van der Waals surface area (Å²) in [5.74, 6) is -11.3. The van der Waals surface area contributed by atoms with Crippen molar-refractivity contribution in [3.05, 3.63) is 0 Å². The fourth-order valence-corrected chi connectivity index (χ4v) is 3.34. The number of hydrogen-bond acceptors (Lipinski definition) is 16. The van der Waals surface area contributed by atoms with E-state index in [9.17, 15) is 78.0 Å². The molecule has 0 aromatic heterocycles. The average Bonchev–Trinajstić information content (AvgIpc) is 3.16. The summed E-state index contributed by atoms with van der Waals surface area (Å²) in [5.41, 5.74) is 0. The third-order valence-corrected chi connectivity index (χ3v) is 6.81. The molecule has 0 radical (unpaired) electrons. The van der Waals surface area contributed by atoms with Crippen LogP contribution in [0.3, 0.4) is 0 Å². The maximum atomic E-state index is 10.9. The van der Waals surface area contributed by atoms with Gasteiger partial charge in [0.05, 0.1) is 0 Å². The molecule has 0 N–H and O–H groups in total. The van der Waals surface area contributed by atoms with Crippen molar-refractivity contribution in [3.8, 4) is 0 Å². The van der Waals surface area contributed by atoms with Crippen LogP contribution in [0.15, 0.2) is 0 Å². The Morgan fingerprint density at radius 3 is 0.482 bits per heavy atom. The molecule has 32 heteroatoms. The molecule has 4 atom stereocenters. The van der Waals surface area contributed by atoms with Crippen molar-refractivity contribution in [1.29, 1.82) is 0 Å². The predicted molar refractivity (Wildman–Crippen MR) is 160 cm³/mol. The molecule has 0 spiro atoms. The van der Waals surface area contributed by atoms with E-state index in [0.29, 0.717) is 39.2 Å². The van der Waals surface area contributed by atoms with Crippen molar-refractivity contribution in [2.45, 2.75) is 24.9 Å². The first-order chi connectivity index (χ1) is 23.9. The van der Waals surface area contributed by atoms with Crippen LogP contribution in [0.2, 0.25) is 0 Å². The first-order valence-electron chi connectivity index (χ1n) is 14.8. The van der Waals surface area contributed by atoms with Crippen LogP contribution in [0.1, 0.15) is 0 Å². The zero-order chi connectivity index (χ0) is 41.9. The molecule has 4 saturated heterocycles. The first kappa shape index (κ1) is 66.9. The summed E-state index contributed by atoms with van der Waals surface area (Å²) in [6, 6.07) is 0. The minimum absolute atomic E-state index is 0. The molecule has 0 saturated carbocycles. The van der Waals surface area contributed by atoms with Gasteiger partial charge in [-0.15, -0.1) is 0 Å². The molecule has 4 aliphatic rings. The molecule has 4 unspecified atom stereocenters. The van der Waals surface area contributed by atoms with Crippen LogP contribution in [-0.2, 0) is 57.5 Å². The molecular formula is C24H28Li8N8O16. The first-order valence-corrected chi connectivity index (χ1v) is 14.8. The number of nitrogens with zero attached hydrogens (tertiary/aromatic N) is 8. The Hall–Kier alpha value is -0.941. The van der Waals surface area contributed by atoms with E-state index in [4.69, 9.17) is 0 Å². The SMILES string of the molecule is CN1C(=O)C(=O)N(C)C(=O)C1=O.CN1C(=O)C(=O)N(C)C(=O)C1=O.CN1C(=O)C([O-])N(C)C(=O)C1[O-].CN1C(=O)C([O-])N(C)C(=O)C1[O-].[Li+].[Li+].[Li+].[Li+].[Li][Li].[Li][Li]. The van der Waals surface area contributed by atoms with Crippen LogP contribution in [-0.4, -0.2) is 253 Å². The van der Waals surface area contributed by atoms with E-state index in [1.165, 1.54) is 0 Å². The van der Waals surface area contributed by atoms with Crippen LogP contribution in [0.4, 0.5) is 0 Å². The normalized spacial score (nSPS) is 21.9. The van der Waals surface area contributed by atoms with E-state index in [0.717, 1.165) is 56.4 Å². The van der Waals surface area contributed by atoms with E-state index < -0.39 is 95.8 Å². The number of carbonyl (C=O) groups excluding carboxylic acids is 12. The predicted octanol–water partition coefficient (Wildman–Crippen LogP) is -25.0. The topological polar surface area (TPSA) is 323 Å². The molecule has 4 rings (SSSR count). The summed E-state index contributed by atoms with van der Waals surface area (Å²) >= 11 is 8.00. The van der Waals surface area contributed by atoms with Gasteiger partial charge in [-0.3, -0.25) is 77.1 Å². The zero-order valence-corrected chi connectivity index (χ0v) is 34.4. The summed E-state index contributed by atoms with van der Waals surface area (Å²) in [7, 11) is 8.96. The van der Waals surface area contributed by atoms with Crippen LogP contribution in [0.5, 0.6) is 0 Å². The molecule has 4 heterocycles. The molecule has 0 aliphatic carbocycles. The van der Waals surface area contributed by atoms with Crippen LogP contribution in [0, 0.1) is 0 Å². The quantitative estimate of drug-likeness (QED) is 0.126. The Bertz CT molecular complexity index is 1200. The summed E-state index contributed by atoms with van der Waals surface area (Å²) in [6.45, 7) is 0. The van der Waals surface area contributed by atoms with Gasteiger partial charge in [0, 0.05) is 81.3 Å². The van der Waals surface area contributed by atoms with E-state index in [-0.39, 0.29) is 75.4 Å². The van der Waals surface area contributed by atoms with Gasteiger partial charge in [-0.2, -0.15) is 0 Å². The third kappa shape index (κ3) is 15.9. The van der Waals surface area contributed by atoms with E-state index >= 15 is 0 Å². The Morgan fingerprint density at radius 1 is 0.304 bits per heavy atom. The fraction of sp³-hybridized carbons (Fsp3) is 0.500. The molecule has 12 amide bonds. The van der Waals surface area contributed by atoms with Crippen molar-refractivity contribution < 1.29 is 153 Å². The monoisotopic (exact) mass is 740 g/mol. The van der Waals surface area contributed by atoms with Crippen molar-refractivity contribution in [1.82, 2.24) is 39.2 Å². The second kappa shape index (κ2) is 30.1. The Morgan fingerprint density at radius 2 is 0.393 bits per heavy atom. The summed E-state index contributed by atoms with van der Waals surface area (Å²) < 4.78 is 0. The molecule has 56 heavy (non-hydrogen) atoms. The minimum atomic E-state index is -1.77. The summed E-state index contributed by atoms with van der Waals surface area (Å²) in [4.78, 5) is 135. The van der Waals surface area contributed by atoms with Gasteiger partial charge in [-0.25, -0.2) is 0 Å². The summed E-state index contributed by atoms with van der Waals surface area (Å²) in [5, 5.41) is 43.8. The van der Waals surface area contributed by atoms with E-state index in [1.54, 1.807) is 0 Å². The Kier molecular flexibility index (Phi) is 36.0. The molecule has 0 aromatic carbocycles. The van der Waals surface area contributed by atoms with Gasteiger partial charge < -0.3 is 40.0 Å². The van der Waals surface area contributed by atoms with Gasteiger partial charge in [0.25, 0.3) is 0 Å². The number of amides is 12. The number of rotatable bonds is 0. The summed E-state index contributed by atoms with van der Waals surface area (Å²) in [6.07, 6.45) is -7.08. The molecular weight excluding hydrogens is 712 g/mol. The van der Waals surface area contributed by atoms with Gasteiger partial charge in [-0.05, 0) is 0 Å². The average molecular weight is 740 g/mol. The van der Waals surface area contributed by atoms with Crippen molar-refractivity contribution in [2.75, 3.05) is 56.4 Å². The Balaban J connectivity index is -0.000000141. The number of likely N-dealkylation sites (N-methyl/N-ethyl adjacent to an activating group) is 8. The molecule has 24 nitrogen and oxygen atoms in total.